The molecule has 0 aliphatic carbocycles. The number of amides is 2. The van der Waals surface area contributed by atoms with Gasteiger partial charge in [-0.3, -0.25) is 9.59 Å². The van der Waals surface area contributed by atoms with E-state index in [0.717, 1.165) is 13.0 Å². The van der Waals surface area contributed by atoms with Crippen molar-refractivity contribution in [2.24, 2.45) is 5.73 Å². The first kappa shape index (κ1) is 11.9. The molecule has 2 amide bonds. The van der Waals surface area contributed by atoms with Crippen molar-refractivity contribution >= 4 is 11.8 Å². The number of primary amides is 1. The quantitative estimate of drug-likeness (QED) is 0.518. The highest BCUT2D eigenvalue weighted by molar-refractivity contribution is 5.83. The Morgan fingerprint density at radius 2 is 2.47 bits per heavy atom. The Balaban J connectivity index is 2.17. The van der Waals surface area contributed by atoms with E-state index in [9.17, 15) is 9.59 Å². The monoisotopic (exact) mass is 215 g/mol. The minimum absolute atomic E-state index is 0.0684. The molecule has 0 bridgehead atoms. The summed E-state index contributed by atoms with van der Waals surface area (Å²) >= 11 is 0. The van der Waals surface area contributed by atoms with Gasteiger partial charge in [-0.1, -0.05) is 0 Å². The zero-order valence-corrected chi connectivity index (χ0v) is 8.86. The maximum atomic E-state index is 11.6. The molecule has 1 atom stereocenters. The molecule has 1 aliphatic heterocycles. The molecule has 0 aromatic rings. The summed E-state index contributed by atoms with van der Waals surface area (Å²) in [5, 5.41) is 2.95. The number of likely N-dealkylation sites (tertiary alicyclic amines) is 1. The molecule has 0 spiro atoms. The minimum Gasteiger partial charge on any atom is -0.370 e. The standard InChI is InChI=1S/C9H17N3O3/c1-11-7-2-3-12(9(7)14)4-5-15-6-8(10)13/h7,11H,2-6H2,1H3,(H2,10,13). The molecule has 0 aromatic heterocycles. The van der Waals surface area contributed by atoms with Crippen LogP contribution >= 0.6 is 0 Å². The van der Waals surface area contributed by atoms with Crippen molar-refractivity contribution < 1.29 is 14.3 Å². The lowest BCUT2D eigenvalue weighted by atomic mass is 10.3. The molecule has 1 fully saturated rings. The molecule has 0 radical (unpaired) electrons. The number of nitrogens with zero attached hydrogens (tertiary/aromatic N) is 1. The van der Waals surface area contributed by atoms with Crippen LogP contribution < -0.4 is 11.1 Å². The van der Waals surface area contributed by atoms with Crippen LogP contribution in [-0.2, 0) is 14.3 Å². The highest BCUT2D eigenvalue weighted by Crippen LogP contribution is 2.09. The predicted octanol–water partition coefficient (Wildman–Crippen LogP) is -1.69. The van der Waals surface area contributed by atoms with Gasteiger partial charge in [0.1, 0.15) is 6.61 Å². The molecule has 86 valence electrons. The summed E-state index contributed by atoms with van der Waals surface area (Å²) < 4.78 is 4.99. The number of ether oxygens (including phenoxy) is 1. The van der Waals surface area contributed by atoms with Gasteiger partial charge in [-0.15, -0.1) is 0 Å². The highest BCUT2D eigenvalue weighted by atomic mass is 16.5. The van der Waals surface area contributed by atoms with Crippen LogP contribution in [0.15, 0.2) is 0 Å². The summed E-state index contributed by atoms with van der Waals surface area (Å²) in [6, 6.07) is -0.0684. The number of carbonyl (C=O) groups is 2. The summed E-state index contributed by atoms with van der Waals surface area (Å²) in [5.41, 5.74) is 4.90. The Bertz CT molecular complexity index is 245. The van der Waals surface area contributed by atoms with Crippen molar-refractivity contribution in [3.63, 3.8) is 0 Å². The summed E-state index contributed by atoms with van der Waals surface area (Å²) in [4.78, 5) is 23.7. The summed E-state index contributed by atoms with van der Waals surface area (Å²) in [6.07, 6.45) is 0.825. The van der Waals surface area contributed by atoms with E-state index in [1.165, 1.54) is 0 Å². The molecular formula is C9H17N3O3. The molecule has 1 aliphatic rings. The highest BCUT2D eigenvalue weighted by Gasteiger charge is 2.29. The average molecular weight is 215 g/mol. The van der Waals surface area contributed by atoms with E-state index in [0.29, 0.717) is 13.2 Å². The minimum atomic E-state index is -0.490. The van der Waals surface area contributed by atoms with Gasteiger partial charge in [0.15, 0.2) is 0 Å². The third-order valence-corrected chi connectivity index (χ3v) is 2.40. The molecule has 1 saturated heterocycles. The molecule has 6 heteroatoms. The van der Waals surface area contributed by atoms with Crippen molar-refractivity contribution in [2.75, 3.05) is 33.4 Å². The maximum absolute atomic E-state index is 11.6. The van der Waals surface area contributed by atoms with Crippen molar-refractivity contribution in [3.05, 3.63) is 0 Å². The first-order valence-electron chi connectivity index (χ1n) is 4.97. The topological polar surface area (TPSA) is 84.7 Å². The molecule has 3 N–H and O–H groups in total. The van der Waals surface area contributed by atoms with Crippen molar-refractivity contribution in [1.29, 1.82) is 0 Å². The van der Waals surface area contributed by atoms with Crippen LogP contribution in [0.5, 0.6) is 0 Å². The lowest BCUT2D eigenvalue weighted by molar-refractivity contribution is -0.130. The Hall–Kier alpha value is -1.14. The smallest absolute Gasteiger partial charge is 0.243 e. The van der Waals surface area contributed by atoms with Crippen LogP contribution in [0.1, 0.15) is 6.42 Å². The fourth-order valence-electron chi connectivity index (χ4n) is 1.58. The van der Waals surface area contributed by atoms with E-state index in [1.54, 1.807) is 11.9 Å². The largest absolute Gasteiger partial charge is 0.370 e. The molecule has 15 heavy (non-hydrogen) atoms. The second-order valence-corrected chi connectivity index (χ2v) is 3.47. The Morgan fingerprint density at radius 1 is 1.73 bits per heavy atom. The molecule has 1 heterocycles. The van der Waals surface area contributed by atoms with Gasteiger partial charge in [-0.2, -0.15) is 0 Å². The van der Waals surface area contributed by atoms with Crippen molar-refractivity contribution in [3.8, 4) is 0 Å². The Kier molecular flexibility index (Phi) is 4.51. The summed E-state index contributed by atoms with van der Waals surface area (Å²) in [7, 11) is 1.77. The molecule has 1 unspecified atom stereocenters. The number of nitrogens with two attached hydrogens (primary N) is 1. The molecule has 1 rings (SSSR count). The van der Waals surface area contributed by atoms with Gasteiger partial charge in [0.25, 0.3) is 0 Å². The number of hydrogen-bond donors (Lipinski definition) is 2. The number of carbonyl (C=O) groups excluding carboxylic acids is 2. The van der Waals surface area contributed by atoms with E-state index in [2.05, 4.69) is 5.32 Å². The fourth-order valence-corrected chi connectivity index (χ4v) is 1.58. The summed E-state index contributed by atoms with van der Waals surface area (Å²) in [6.45, 7) is 1.52. The van der Waals surface area contributed by atoms with Crippen LogP contribution in [0, 0.1) is 0 Å². The normalized spacial score (nSPS) is 21.0. The average Bonchev–Trinajstić information content (AvgIpc) is 2.54. The van der Waals surface area contributed by atoms with Gasteiger partial charge < -0.3 is 20.7 Å². The van der Waals surface area contributed by atoms with Crippen LogP contribution in [0.2, 0.25) is 0 Å². The Morgan fingerprint density at radius 3 is 3.00 bits per heavy atom. The van der Waals surface area contributed by atoms with Gasteiger partial charge in [0.05, 0.1) is 12.6 Å². The van der Waals surface area contributed by atoms with E-state index in [1.807, 2.05) is 0 Å². The lowest BCUT2D eigenvalue weighted by Gasteiger charge is -2.16. The third kappa shape index (κ3) is 3.49. The van der Waals surface area contributed by atoms with Crippen LogP contribution in [-0.4, -0.2) is 56.1 Å². The van der Waals surface area contributed by atoms with Crippen LogP contribution in [0.25, 0.3) is 0 Å². The van der Waals surface area contributed by atoms with E-state index in [4.69, 9.17) is 10.5 Å². The first-order valence-corrected chi connectivity index (χ1v) is 4.97. The second kappa shape index (κ2) is 5.67. The number of rotatable bonds is 6. The van der Waals surface area contributed by atoms with Gasteiger partial charge in [0.2, 0.25) is 11.8 Å². The predicted molar refractivity (Wildman–Crippen MR) is 54.1 cm³/mol. The molecule has 6 nitrogen and oxygen atoms in total. The maximum Gasteiger partial charge on any atom is 0.243 e. The van der Waals surface area contributed by atoms with Crippen LogP contribution in [0.4, 0.5) is 0 Å². The van der Waals surface area contributed by atoms with Gasteiger partial charge in [-0.05, 0) is 13.5 Å². The van der Waals surface area contributed by atoms with E-state index in [-0.39, 0.29) is 18.6 Å². The molecule has 0 aromatic carbocycles. The zero-order valence-electron chi connectivity index (χ0n) is 8.86. The number of hydrogen-bond acceptors (Lipinski definition) is 4. The second-order valence-electron chi connectivity index (χ2n) is 3.47. The van der Waals surface area contributed by atoms with Crippen molar-refractivity contribution in [1.82, 2.24) is 10.2 Å². The molecule has 0 saturated carbocycles. The van der Waals surface area contributed by atoms with Crippen LogP contribution in [0.3, 0.4) is 0 Å². The number of nitrogens with one attached hydrogen (secondary N) is 1. The van der Waals surface area contributed by atoms with E-state index >= 15 is 0 Å². The van der Waals surface area contributed by atoms with Gasteiger partial charge >= 0.3 is 0 Å². The third-order valence-electron chi connectivity index (χ3n) is 2.40. The van der Waals surface area contributed by atoms with Gasteiger partial charge in [0, 0.05) is 13.1 Å². The SMILES string of the molecule is CNC1CCN(CCOCC(N)=O)C1=O. The number of likely N-dealkylation sites (N-methyl/N-ethyl adjacent to an activating group) is 1. The lowest BCUT2D eigenvalue weighted by Crippen LogP contribution is -2.37. The van der Waals surface area contributed by atoms with Gasteiger partial charge in [-0.25, -0.2) is 0 Å². The Labute approximate surface area is 88.7 Å². The molecular weight excluding hydrogens is 198 g/mol. The van der Waals surface area contributed by atoms with E-state index < -0.39 is 5.91 Å². The zero-order chi connectivity index (χ0) is 11.3. The van der Waals surface area contributed by atoms with Crippen molar-refractivity contribution in [2.45, 2.75) is 12.5 Å². The fraction of sp³-hybridized carbons (Fsp3) is 0.778. The summed E-state index contributed by atoms with van der Waals surface area (Å²) in [5.74, 6) is -0.393. The first-order chi connectivity index (χ1) is 7.15.